The van der Waals surface area contributed by atoms with Gasteiger partial charge < -0.3 is 60.6 Å². The van der Waals surface area contributed by atoms with Crippen molar-refractivity contribution in [1.82, 2.24) is 20.9 Å². The van der Waals surface area contributed by atoms with Crippen LogP contribution in [-0.4, -0.2) is 129 Å². The molecule has 24 nitrogen and oxygen atoms in total. The number of carbonyl (C=O) groups excluding carboxylic acids is 8. The van der Waals surface area contributed by atoms with Gasteiger partial charge in [-0.15, -0.1) is 0 Å². The molecule has 25 heteroatoms. The molecule has 5 heterocycles. The summed E-state index contributed by atoms with van der Waals surface area (Å²) in [6.07, 6.45) is 3.97. The summed E-state index contributed by atoms with van der Waals surface area (Å²) in [6, 6.07) is 22.8. The largest absolute Gasteiger partial charge is 0.493 e. The molecule has 444 valence electrons. The Morgan fingerprint density at radius 2 is 1.22 bits per heavy atom. The first kappa shape index (κ1) is 58.7. The highest BCUT2D eigenvalue weighted by molar-refractivity contribution is 7.86. The van der Waals surface area contributed by atoms with Crippen molar-refractivity contribution in [1.29, 1.82) is 0 Å². The number of benzene rings is 5. The minimum atomic E-state index is -4.79. The molecule has 0 aromatic heterocycles. The van der Waals surface area contributed by atoms with Gasteiger partial charge in [0, 0.05) is 73.8 Å². The molecule has 0 saturated carbocycles. The Bertz CT molecular complexity index is 3670. The Hall–Kier alpha value is -9.49. The highest BCUT2D eigenvalue weighted by atomic mass is 32.2. The van der Waals surface area contributed by atoms with Crippen LogP contribution in [0.15, 0.2) is 103 Å². The van der Waals surface area contributed by atoms with Crippen molar-refractivity contribution in [2.75, 3.05) is 59.6 Å². The average Bonchev–Trinajstić information content (AvgIpc) is 2.20. The number of amides is 8. The molecule has 1 unspecified atom stereocenters. The van der Waals surface area contributed by atoms with Crippen LogP contribution in [0.3, 0.4) is 0 Å². The molecule has 0 spiro atoms. The molecule has 5 atom stereocenters. The number of rotatable bonds is 22. The van der Waals surface area contributed by atoms with Crippen molar-refractivity contribution in [3.63, 3.8) is 0 Å². The van der Waals surface area contributed by atoms with Crippen molar-refractivity contribution in [2.24, 2.45) is 0 Å². The van der Waals surface area contributed by atoms with E-state index in [1.165, 1.54) is 45.1 Å². The van der Waals surface area contributed by atoms with Gasteiger partial charge in [0.1, 0.15) is 25.3 Å². The lowest BCUT2D eigenvalue weighted by atomic mass is 10.1. The molecular weight excluding hydrogens is 1120 g/mol. The number of nitrogens with one attached hydrogen (secondary N) is 6. The summed E-state index contributed by atoms with van der Waals surface area (Å²) in [4.78, 5) is 108. The second-order valence-electron chi connectivity index (χ2n) is 21.1. The van der Waals surface area contributed by atoms with E-state index in [1.807, 2.05) is 29.2 Å². The lowest BCUT2D eigenvalue weighted by Crippen LogP contribution is -2.50. The number of nitrogens with zero attached hydrogens (tertiary/aromatic N) is 3. The summed E-state index contributed by atoms with van der Waals surface area (Å²) in [5.74, 6) is -2.82. The van der Waals surface area contributed by atoms with Crippen molar-refractivity contribution in [2.45, 2.75) is 95.1 Å². The third kappa shape index (κ3) is 12.7. The Balaban J connectivity index is 0.829. The molecule has 5 aromatic carbocycles. The van der Waals surface area contributed by atoms with E-state index in [4.69, 9.17) is 18.9 Å². The number of methoxy groups -OCH3 is 2. The third-order valence-corrected chi connectivity index (χ3v) is 16.4. The summed E-state index contributed by atoms with van der Waals surface area (Å²) in [5.41, 5.74) is 5.52. The fraction of sp³-hybridized carbons (Fsp3) is 0.333. The molecular formula is C60H63N9O15S. The van der Waals surface area contributed by atoms with Crippen LogP contribution in [0.4, 0.5) is 28.4 Å². The molecule has 7 N–H and O–H groups in total. The van der Waals surface area contributed by atoms with Crippen LogP contribution < -0.4 is 60.6 Å². The molecule has 85 heavy (non-hydrogen) atoms. The molecule has 0 saturated heterocycles. The number of para-hydroxylation sites is 2. The molecule has 5 aliphatic rings. The second-order valence-corrected chi connectivity index (χ2v) is 22.7. The summed E-state index contributed by atoms with van der Waals surface area (Å²) in [7, 11) is -1.95. The highest BCUT2D eigenvalue weighted by Crippen LogP contribution is 2.44. The quantitative estimate of drug-likeness (QED) is 0.0282. The van der Waals surface area contributed by atoms with E-state index in [0.717, 1.165) is 33.9 Å². The Kier molecular flexibility index (Phi) is 17.1. The first-order valence-corrected chi connectivity index (χ1v) is 29.1. The smallest absolute Gasteiger partial charge is 0.288 e. The molecule has 0 aliphatic carbocycles. The van der Waals surface area contributed by atoms with Crippen LogP contribution in [0, 0.1) is 0 Å². The molecule has 8 amide bonds. The number of hydrogen-bond acceptors (Lipinski definition) is 16. The Morgan fingerprint density at radius 3 is 1.85 bits per heavy atom. The molecule has 0 bridgehead atoms. The van der Waals surface area contributed by atoms with Crippen molar-refractivity contribution in [3.8, 4) is 23.0 Å². The minimum Gasteiger partial charge on any atom is -0.493 e. The van der Waals surface area contributed by atoms with Gasteiger partial charge in [-0.2, -0.15) is 8.42 Å². The zero-order chi connectivity index (χ0) is 60.3. The summed E-state index contributed by atoms with van der Waals surface area (Å²) < 4.78 is 60.8. The molecule has 5 aromatic rings. The van der Waals surface area contributed by atoms with Crippen molar-refractivity contribution >= 4 is 85.8 Å². The van der Waals surface area contributed by atoms with Crippen LogP contribution in [0.1, 0.15) is 82.5 Å². The van der Waals surface area contributed by atoms with E-state index in [-0.39, 0.29) is 97.6 Å². The number of unbranched alkanes of at least 4 members (excludes halogenated alkanes) is 1. The maximum Gasteiger partial charge on any atom is 0.288 e. The summed E-state index contributed by atoms with van der Waals surface area (Å²) >= 11 is 0. The van der Waals surface area contributed by atoms with Gasteiger partial charge in [0.2, 0.25) is 23.6 Å². The topological polar surface area (TPSA) is 310 Å². The first-order valence-electron chi connectivity index (χ1n) is 27.6. The number of anilines is 5. The maximum absolute atomic E-state index is 14.3. The van der Waals surface area contributed by atoms with Gasteiger partial charge >= 0.3 is 0 Å². The summed E-state index contributed by atoms with van der Waals surface area (Å²) in [5, 5.41) is 15.4. The molecule has 0 fully saturated rings. The van der Waals surface area contributed by atoms with Crippen LogP contribution in [0.25, 0.3) is 0 Å². The Labute approximate surface area is 489 Å². The number of fused-ring (bicyclic) bond motifs is 8. The van der Waals surface area contributed by atoms with Crippen molar-refractivity contribution < 1.29 is 70.3 Å². The maximum atomic E-state index is 14.3. The minimum absolute atomic E-state index is 0.0128. The summed E-state index contributed by atoms with van der Waals surface area (Å²) in [6.45, 7) is 3.23. The number of imide groups is 1. The van der Waals surface area contributed by atoms with E-state index >= 15 is 0 Å². The van der Waals surface area contributed by atoms with Crippen LogP contribution in [0.2, 0.25) is 0 Å². The lowest BCUT2D eigenvalue weighted by molar-refractivity contribution is -0.137. The lowest BCUT2D eigenvalue weighted by Gasteiger charge is -2.27. The molecule has 0 radical (unpaired) electrons. The van der Waals surface area contributed by atoms with Gasteiger partial charge in [0.15, 0.2) is 28.4 Å². The fourth-order valence-corrected chi connectivity index (χ4v) is 12.0. The fourth-order valence-electron chi connectivity index (χ4n) is 11.1. The van der Waals surface area contributed by atoms with Gasteiger partial charge in [-0.1, -0.05) is 36.4 Å². The monoisotopic (exact) mass is 1180 g/mol. The number of ether oxygens (including phenoxy) is 4. The second kappa shape index (κ2) is 24.8. The first-order chi connectivity index (χ1) is 40.8. The number of hydrogen-bond donors (Lipinski definition) is 7. The SMILES string of the molecule is COc1cc2c(cc1OCc1cc(COc3cc4c(cc3OC)C(=O)N3c5ccccc5C[C@H]3C(S(=O)(=O)O)N4)cc(NC(=O)[C@H](C)NC(=O)[C@H](C)NC(=O)CCCCC(=O)NCCN3C(=O)C=CC3=O)c1)NC[C@@H]1Cc3ccccc3N1C2=O. The number of carbonyl (C=O) groups is 8. The molecule has 5 aliphatic heterocycles. The predicted molar refractivity (Wildman–Crippen MR) is 311 cm³/mol. The third-order valence-electron chi connectivity index (χ3n) is 15.3. The Morgan fingerprint density at radius 1 is 0.671 bits per heavy atom. The van der Waals surface area contributed by atoms with Crippen LogP contribution in [-0.2, 0) is 64.9 Å². The zero-order valence-electron chi connectivity index (χ0n) is 46.9. The van der Waals surface area contributed by atoms with Gasteiger partial charge in [-0.3, -0.25) is 47.8 Å². The molecule has 10 rings (SSSR count). The van der Waals surface area contributed by atoms with Gasteiger partial charge in [0.25, 0.3) is 33.7 Å². The van der Waals surface area contributed by atoms with Gasteiger partial charge in [-0.25, -0.2) is 0 Å². The van der Waals surface area contributed by atoms with E-state index in [0.29, 0.717) is 59.6 Å². The standard InChI is InChI=1S/C60H63N9O15S/c1-33(63-53(71)16-10-9-15-52(70)61-19-20-67-54(72)17-18-55(67)73)56(74)64-34(2)57(75)65-39-22-35(31-83-50-28-43-41(26-48(50)81-3)59(76)68-40(30-62-43)24-37-11-5-7-13-45(37)68)21-36(23-39)32-84-51-29-44-42(27-49(51)82-4)60(77)69-46-14-8-6-12-38(46)25-47(69)58(66-44)85(78,79)80/h5-8,11-14,17-18,21-23,26-29,33-34,40,47,58,62,66H,9-10,15-16,19-20,24-25,30-32H2,1-4H3,(H,61,70)(H,63,71)(H,64,74)(H,65,75)(H,78,79,80)/t33-,34-,40-,47-,58?/m0/s1. The average molecular weight is 1180 g/mol. The predicted octanol–water partition coefficient (Wildman–Crippen LogP) is 4.62. The van der Waals surface area contributed by atoms with E-state index in [9.17, 15) is 51.3 Å². The van der Waals surface area contributed by atoms with E-state index < -0.39 is 69.1 Å². The van der Waals surface area contributed by atoms with E-state index in [1.54, 1.807) is 54.6 Å². The van der Waals surface area contributed by atoms with E-state index in [2.05, 4.69) is 31.9 Å². The van der Waals surface area contributed by atoms with Gasteiger partial charge in [0.05, 0.1) is 48.8 Å². The van der Waals surface area contributed by atoms with Crippen LogP contribution in [0.5, 0.6) is 23.0 Å². The highest BCUT2D eigenvalue weighted by Gasteiger charge is 2.47. The van der Waals surface area contributed by atoms with Crippen molar-refractivity contribution in [3.05, 3.63) is 137 Å². The van der Waals surface area contributed by atoms with Crippen LogP contribution >= 0.6 is 0 Å². The van der Waals surface area contributed by atoms with Gasteiger partial charge in [-0.05, 0) is 104 Å². The zero-order valence-corrected chi connectivity index (χ0v) is 47.7. The normalized spacial score (nSPS) is 17.9.